The van der Waals surface area contributed by atoms with Gasteiger partial charge in [0.25, 0.3) is 5.91 Å². The number of benzene rings is 1. The number of hydrogen-bond donors (Lipinski definition) is 2. The lowest BCUT2D eigenvalue weighted by Crippen LogP contribution is -2.26. The van der Waals surface area contributed by atoms with Crippen LogP contribution in [-0.2, 0) is 6.42 Å². The van der Waals surface area contributed by atoms with E-state index in [1.807, 2.05) is 5.38 Å². The van der Waals surface area contributed by atoms with Crippen LogP contribution >= 0.6 is 11.3 Å². The van der Waals surface area contributed by atoms with Gasteiger partial charge in [0.2, 0.25) is 0 Å². The average Bonchev–Trinajstić information content (AvgIpc) is 2.82. The van der Waals surface area contributed by atoms with Gasteiger partial charge in [0.1, 0.15) is 0 Å². The standard InChI is InChI=1S/C12H13N3OS/c13-11-4-2-1-3-10(11)12(16)14-6-5-9-7-17-8-15-9/h1-4,7-8H,5-6,13H2,(H,14,16). The summed E-state index contributed by atoms with van der Waals surface area (Å²) in [6.45, 7) is 0.566. The van der Waals surface area contributed by atoms with Crippen molar-refractivity contribution in [3.8, 4) is 0 Å². The third-order valence-corrected chi connectivity index (χ3v) is 2.99. The molecule has 1 amide bonds. The van der Waals surface area contributed by atoms with E-state index in [4.69, 9.17) is 5.73 Å². The number of para-hydroxylation sites is 1. The fourth-order valence-electron chi connectivity index (χ4n) is 1.46. The van der Waals surface area contributed by atoms with Crippen LogP contribution in [0.3, 0.4) is 0 Å². The molecule has 0 aliphatic rings. The first-order valence-electron chi connectivity index (χ1n) is 5.27. The molecule has 0 radical (unpaired) electrons. The molecule has 1 aromatic carbocycles. The lowest BCUT2D eigenvalue weighted by atomic mass is 10.1. The Morgan fingerprint density at radius 2 is 2.24 bits per heavy atom. The van der Waals surface area contributed by atoms with Gasteiger partial charge in [0, 0.05) is 24.0 Å². The molecule has 0 saturated carbocycles. The monoisotopic (exact) mass is 247 g/mol. The highest BCUT2D eigenvalue weighted by atomic mass is 32.1. The van der Waals surface area contributed by atoms with Crippen LogP contribution in [0.25, 0.3) is 0 Å². The minimum absolute atomic E-state index is 0.140. The first kappa shape index (κ1) is 11.6. The minimum atomic E-state index is -0.140. The van der Waals surface area contributed by atoms with Crippen molar-refractivity contribution in [2.24, 2.45) is 0 Å². The molecule has 0 saturated heterocycles. The molecule has 17 heavy (non-hydrogen) atoms. The first-order valence-corrected chi connectivity index (χ1v) is 6.21. The van der Waals surface area contributed by atoms with Crippen molar-refractivity contribution in [2.45, 2.75) is 6.42 Å². The fraction of sp³-hybridized carbons (Fsp3) is 0.167. The molecule has 0 aliphatic heterocycles. The average molecular weight is 247 g/mol. The van der Waals surface area contributed by atoms with Crippen molar-refractivity contribution in [1.82, 2.24) is 10.3 Å². The Kier molecular flexibility index (Phi) is 3.72. The van der Waals surface area contributed by atoms with E-state index in [0.717, 1.165) is 12.1 Å². The van der Waals surface area contributed by atoms with E-state index in [1.165, 1.54) is 0 Å². The summed E-state index contributed by atoms with van der Waals surface area (Å²) in [7, 11) is 0. The van der Waals surface area contributed by atoms with Gasteiger partial charge in [-0.15, -0.1) is 11.3 Å². The second-order valence-corrected chi connectivity index (χ2v) is 4.29. The van der Waals surface area contributed by atoms with Gasteiger partial charge in [-0.05, 0) is 12.1 Å². The number of nitrogens with one attached hydrogen (secondary N) is 1. The number of nitrogens with zero attached hydrogens (tertiary/aromatic N) is 1. The predicted molar refractivity (Wildman–Crippen MR) is 69.0 cm³/mol. The SMILES string of the molecule is Nc1ccccc1C(=O)NCCc1cscn1. The molecule has 0 atom stereocenters. The third kappa shape index (κ3) is 3.04. The van der Waals surface area contributed by atoms with Gasteiger partial charge in [-0.2, -0.15) is 0 Å². The van der Waals surface area contributed by atoms with Gasteiger partial charge < -0.3 is 11.1 Å². The molecule has 1 aromatic heterocycles. The van der Waals surface area contributed by atoms with E-state index >= 15 is 0 Å². The van der Waals surface area contributed by atoms with Gasteiger partial charge in [-0.3, -0.25) is 4.79 Å². The summed E-state index contributed by atoms with van der Waals surface area (Å²) >= 11 is 1.55. The van der Waals surface area contributed by atoms with Crippen molar-refractivity contribution in [1.29, 1.82) is 0 Å². The Labute approximate surface area is 103 Å². The molecular formula is C12H13N3OS. The molecule has 88 valence electrons. The van der Waals surface area contributed by atoms with Crippen LogP contribution in [0.2, 0.25) is 0 Å². The summed E-state index contributed by atoms with van der Waals surface area (Å²) in [6, 6.07) is 7.04. The fourth-order valence-corrected chi connectivity index (χ4v) is 2.06. The number of anilines is 1. The molecule has 0 bridgehead atoms. The third-order valence-electron chi connectivity index (χ3n) is 2.36. The molecule has 0 unspecified atom stereocenters. The highest BCUT2D eigenvalue weighted by Gasteiger charge is 2.07. The van der Waals surface area contributed by atoms with E-state index in [0.29, 0.717) is 17.8 Å². The summed E-state index contributed by atoms with van der Waals surface area (Å²) < 4.78 is 0. The molecule has 0 fully saturated rings. The summed E-state index contributed by atoms with van der Waals surface area (Å²) in [5, 5.41) is 4.80. The highest BCUT2D eigenvalue weighted by molar-refractivity contribution is 7.07. The number of rotatable bonds is 4. The Balaban J connectivity index is 1.88. The van der Waals surface area contributed by atoms with Crippen LogP contribution in [0.4, 0.5) is 5.69 Å². The maximum absolute atomic E-state index is 11.8. The normalized spacial score (nSPS) is 10.1. The molecule has 3 N–H and O–H groups in total. The number of amides is 1. The van der Waals surface area contributed by atoms with Crippen LogP contribution in [0.1, 0.15) is 16.1 Å². The Hall–Kier alpha value is -1.88. The molecule has 5 heteroatoms. The number of hydrogen-bond acceptors (Lipinski definition) is 4. The zero-order chi connectivity index (χ0) is 12.1. The number of nitrogens with two attached hydrogens (primary N) is 1. The maximum Gasteiger partial charge on any atom is 0.253 e. The van der Waals surface area contributed by atoms with E-state index in [2.05, 4.69) is 10.3 Å². The quantitative estimate of drug-likeness (QED) is 0.808. The zero-order valence-electron chi connectivity index (χ0n) is 9.22. The topological polar surface area (TPSA) is 68.0 Å². The smallest absolute Gasteiger partial charge is 0.253 e. The molecule has 4 nitrogen and oxygen atoms in total. The van der Waals surface area contributed by atoms with E-state index in [1.54, 1.807) is 41.1 Å². The maximum atomic E-state index is 11.8. The predicted octanol–water partition coefficient (Wildman–Crippen LogP) is 1.70. The second kappa shape index (κ2) is 5.45. The molecule has 2 rings (SSSR count). The van der Waals surface area contributed by atoms with Crippen molar-refractivity contribution in [3.05, 3.63) is 46.4 Å². The van der Waals surface area contributed by atoms with Crippen LogP contribution in [0, 0.1) is 0 Å². The minimum Gasteiger partial charge on any atom is -0.398 e. The van der Waals surface area contributed by atoms with Crippen LogP contribution in [-0.4, -0.2) is 17.4 Å². The molecule has 1 heterocycles. The number of nitrogen functional groups attached to an aromatic ring is 1. The van der Waals surface area contributed by atoms with Crippen molar-refractivity contribution >= 4 is 22.9 Å². The molecule has 2 aromatic rings. The van der Waals surface area contributed by atoms with Crippen LogP contribution in [0.15, 0.2) is 35.2 Å². The number of thiazole rings is 1. The summed E-state index contributed by atoms with van der Waals surface area (Å²) in [6.07, 6.45) is 0.738. The van der Waals surface area contributed by atoms with Gasteiger partial charge in [-0.25, -0.2) is 4.98 Å². The number of carbonyl (C=O) groups is 1. The van der Waals surface area contributed by atoms with Crippen molar-refractivity contribution in [2.75, 3.05) is 12.3 Å². The lowest BCUT2D eigenvalue weighted by molar-refractivity contribution is 0.0955. The van der Waals surface area contributed by atoms with Crippen molar-refractivity contribution < 1.29 is 4.79 Å². The lowest BCUT2D eigenvalue weighted by Gasteiger charge is -2.06. The number of carbonyl (C=O) groups excluding carboxylic acids is 1. The summed E-state index contributed by atoms with van der Waals surface area (Å²) in [5.74, 6) is -0.140. The van der Waals surface area contributed by atoms with Crippen LogP contribution < -0.4 is 11.1 Å². The number of aromatic nitrogens is 1. The van der Waals surface area contributed by atoms with Gasteiger partial charge in [0.15, 0.2) is 0 Å². The summed E-state index contributed by atoms with van der Waals surface area (Å²) in [5.41, 5.74) is 9.51. The van der Waals surface area contributed by atoms with Crippen LogP contribution in [0.5, 0.6) is 0 Å². The molecule has 0 aliphatic carbocycles. The molecular weight excluding hydrogens is 234 g/mol. The second-order valence-electron chi connectivity index (χ2n) is 3.57. The van der Waals surface area contributed by atoms with Gasteiger partial charge >= 0.3 is 0 Å². The van der Waals surface area contributed by atoms with E-state index in [-0.39, 0.29) is 5.91 Å². The van der Waals surface area contributed by atoms with Gasteiger partial charge in [0.05, 0.1) is 16.8 Å². The first-order chi connectivity index (χ1) is 8.27. The van der Waals surface area contributed by atoms with Crippen molar-refractivity contribution in [3.63, 3.8) is 0 Å². The largest absolute Gasteiger partial charge is 0.398 e. The van der Waals surface area contributed by atoms with E-state index < -0.39 is 0 Å². The highest BCUT2D eigenvalue weighted by Crippen LogP contribution is 2.09. The zero-order valence-corrected chi connectivity index (χ0v) is 10.0. The van der Waals surface area contributed by atoms with Gasteiger partial charge in [-0.1, -0.05) is 12.1 Å². The van der Waals surface area contributed by atoms with E-state index in [9.17, 15) is 4.79 Å². The Morgan fingerprint density at radius 1 is 1.41 bits per heavy atom. The summed E-state index contributed by atoms with van der Waals surface area (Å²) in [4.78, 5) is 15.9. The molecule has 0 spiro atoms. The Bertz CT molecular complexity index is 496. The Morgan fingerprint density at radius 3 is 2.94 bits per heavy atom.